The lowest BCUT2D eigenvalue weighted by atomic mass is 10.0. The molecule has 1 heterocycles. The second-order valence-electron chi connectivity index (χ2n) is 9.86. The molecule has 1 fully saturated rings. The molecule has 0 amide bonds. The molecule has 34 heavy (non-hydrogen) atoms. The van der Waals surface area contributed by atoms with Crippen LogP contribution in [0.4, 0.5) is 0 Å². The van der Waals surface area contributed by atoms with Gasteiger partial charge in [0.15, 0.2) is 0 Å². The summed E-state index contributed by atoms with van der Waals surface area (Å²) in [6, 6.07) is 0. The normalized spacial score (nSPS) is 20.4. The molecule has 0 radical (unpaired) electrons. The largest absolute Gasteiger partial charge is 0.756 e. The lowest BCUT2D eigenvalue weighted by Crippen LogP contribution is -3.10. The summed E-state index contributed by atoms with van der Waals surface area (Å²) in [4.78, 5) is 13.3. The molecule has 7 nitrogen and oxygen atoms in total. The molecule has 0 aromatic rings. The van der Waals surface area contributed by atoms with Crippen molar-refractivity contribution in [3.8, 4) is 0 Å². The van der Waals surface area contributed by atoms with Gasteiger partial charge in [0.1, 0.15) is 0 Å². The molecule has 0 spiro atoms. The van der Waals surface area contributed by atoms with Crippen LogP contribution in [0.2, 0.25) is 0 Å². The topological polar surface area (TPSA) is 81.5 Å². The molecule has 0 aliphatic carbocycles. The van der Waals surface area contributed by atoms with Gasteiger partial charge in [-0.1, -0.05) is 90.4 Å². The highest BCUT2D eigenvalue weighted by Gasteiger charge is 2.24. The average Bonchev–Trinajstić information content (AvgIpc) is 2.81. The lowest BCUT2D eigenvalue weighted by molar-refractivity contribution is -0.885. The molecule has 1 atom stereocenters. The number of nitrogens with one attached hydrogen (secondary N) is 1. The minimum atomic E-state index is -4.25. The molecule has 0 bridgehead atoms. The van der Waals surface area contributed by atoms with E-state index in [-0.39, 0.29) is 19.3 Å². The summed E-state index contributed by atoms with van der Waals surface area (Å²) in [6.45, 7) is 6.06. The number of hydrogen-bond acceptors (Lipinski definition) is 6. The van der Waals surface area contributed by atoms with Crippen molar-refractivity contribution in [3.63, 3.8) is 0 Å². The number of hydrogen-bond donors (Lipinski definition) is 1. The predicted molar refractivity (Wildman–Crippen MR) is 136 cm³/mol. The Morgan fingerprint density at radius 1 is 0.706 bits per heavy atom. The van der Waals surface area contributed by atoms with Gasteiger partial charge in [0.2, 0.25) is 0 Å². The Kier molecular flexibility index (Phi) is 20.9. The van der Waals surface area contributed by atoms with E-state index in [9.17, 15) is 9.46 Å². The molecule has 1 N–H and O–H groups in total. The Labute approximate surface area is 209 Å². The van der Waals surface area contributed by atoms with Crippen LogP contribution >= 0.6 is 7.82 Å². The first-order valence-corrected chi connectivity index (χ1v) is 15.6. The first kappa shape index (κ1) is 32.0. The molecule has 1 aliphatic rings. The van der Waals surface area contributed by atoms with Gasteiger partial charge in [-0.25, -0.2) is 0 Å². The fourth-order valence-electron chi connectivity index (χ4n) is 4.33. The van der Waals surface area contributed by atoms with Crippen molar-refractivity contribution in [1.82, 2.24) is 0 Å². The highest BCUT2D eigenvalue weighted by atomic mass is 31.2. The van der Waals surface area contributed by atoms with Crippen LogP contribution in [0.15, 0.2) is 0 Å². The summed E-state index contributed by atoms with van der Waals surface area (Å²) < 4.78 is 32.9. The molecule has 1 rings (SSSR count). The Balaban J connectivity index is 1.75. The fraction of sp³-hybridized carbons (Fsp3) is 1.00. The minimum absolute atomic E-state index is 0.0163. The van der Waals surface area contributed by atoms with Crippen molar-refractivity contribution in [3.05, 3.63) is 0 Å². The maximum atomic E-state index is 11.9. The van der Waals surface area contributed by atoms with E-state index in [1.807, 2.05) is 0 Å². The molecule has 0 aromatic carbocycles. The van der Waals surface area contributed by atoms with Gasteiger partial charge in [-0.15, -0.1) is 0 Å². The fourth-order valence-corrected chi connectivity index (χ4v) is 5.27. The molecular weight excluding hydrogens is 453 g/mol. The highest BCUT2D eigenvalue weighted by molar-refractivity contribution is 7.45. The van der Waals surface area contributed by atoms with Crippen LogP contribution in [0.1, 0.15) is 110 Å². The van der Waals surface area contributed by atoms with Crippen LogP contribution in [-0.2, 0) is 23.1 Å². The molecule has 0 saturated carbocycles. The number of phosphoric acid groups is 1. The highest BCUT2D eigenvalue weighted by Crippen LogP contribution is 2.40. The number of quaternary nitrogens is 1. The molecule has 8 heteroatoms. The van der Waals surface area contributed by atoms with Crippen molar-refractivity contribution in [2.75, 3.05) is 53.2 Å². The maximum absolute atomic E-state index is 11.9. The number of piperidine rings is 1. The van der Waals surface area contributed by atoms with Crippen LogP contribution in [0.5, 0.6) is 0 Å². The smallest absolute Gasteiger partial charge is 0.268 e. The van der Waals surface area contributed by atoms with Gasteiger partial charge in [0.25, 0.3) is 7.82 Å². The van der Waals surface area contributed by atoms with Gasteiger partial charge in [-0.05, 0) is 6.42 Å². The van der Waals surface area contributed by atoms with Gasteiger partial charge in [0, 0.05) is 19.4 Å². The third-order valence-electron chi connectivity index (χ3n) is 6.56. The van der Waals surface area contributed by atoms with Crippen molar-refractivity contribution in [1.29, 1.82) is 0 Å². The number of phosphoric ester groups is 1. The zero-order chi connectivity index (χ0) is 24.7. The predicted octanol–water partition coefficient (Wildman–Crippen LogP) is 4.68. The van der Waals surface area contributed by atoms with Crippen LogP contribution in [0.25, 0.3) is 0 Å². The summed E-state index contributed by atoms with van der Waals surface area (Å²) in [7, 11) is -2.14. The van der Waals surface area contributed by atoms with E-state index in [0.717, 1.165) is 39.0 Å². The third-order valence-corrected chi connectivity index (χ3v) is 7.61. The van der Waals surface area contributed by atoms with Crippen LogP contribution in [0.3, 0.4) is 0 Å². The zero-order valence-corrected chi connectivity index (χ0v) is 23.1. The number of likely N-dealkylation sites (tertiary alicyclic amines) is 1. The van der Waals surface area contributed by atoms with Crippen molar-refractivity contribution in [2.45, 2.75) is 116 Å². The van der Waals surface area contributed by atoms with Crippen LogP contribution in [-0.4, -0.2) is 59.3 Å². The van der Waals surface area contributed by atoms with Crippen molar-refractivity contribution < 1.29 is 32.9 Å². The standard InChI is InChI=1S/C26H54NO6P/c1-3-4-5-6-7-8-9-10-11-12-13-14-15-16-21-30-22-23-31-24-25-32-34(28,29)33-26-17-19-27(2)20-18-26/h26H,3-25H2,1-2H3,(H,28,29). The second kappa shape index (κ2) is 22.2. The van der Waals surface area contributed by atoms with Crippen molar-refractivity contribution >= 4 is 7.82 Å². The zero-order valence-electron chi connectivity index (χ0n) is 22.2. The third kappa shape index (κ3) is 20.2. The Morgan fingerprint density at radius 3 is 1.68 bits per heavy atom. The summed E-state index contributed by atoms with van der Waals surface area (Å²) in [5.74, 6) is 0. The number of ether oxygens (including phenoxy) is 2. The van der Waals surface area contributed by atoms with Crippen molar-refractivity contribution in [2.24, 2.45) is 0 Å². The van der Waals surface area contributed by atoms with Gasteiger partial charge < -0.3 is 28.3 Å². The van der Waals surface area contributed by atoms with Gasteiger partial charge >= 0.3 is 0 Å². The van der Waals surface area contributed by atoms with Gasteiger partial charge in [-0.3, -0.25) is 4.57 Å². The van der Waals surface area contributed by atoms with E-state index in [1.54, 1.807) is 0 Å². The maximum Gasteiger partial charge on any atom is 0.268 e. The van der Waals surface area contributed by atoms with E-state index in [4.69, 9.17) is 18.5 Å². The molecule has 204 valence electrons. The summed E-state index contributed by atoms with van der Waals surface area (Å²) in [6.07, 6.45) is 20.2. The summed E-state index contributed by atoms with van der Waals surface area (Å²) in [5, 5.41) is 0. The SMILES string of the molecule is CCCCCCCCCCCCCCCCOCCOCCOP(=O)([O-])OC1CC[NH+](C)CC1. The Morgan fingerprint density at radius 2 is 1.15 bits per heavy atom. The lowest BCUT2D eigenvalue weighted by Gasteiger charge is -2.31. The van der Waals surface area contributed by atoms with E-state index in [2.05, 4.69) is 14.0 Å². The van der Waals surface area contributed by atoms with E-state index in [1.165, 1.54) is 88.4 Å². The first-order chi connectivity index (χ1) is 16.5. The summed E-state index contributed by atoms with van der Waals surface area (Å²) >= 11 is 0. The molecule has 1 unspecified atom stereocenters. The van der Waals surface area contributed by atoms with Gasteiger partial charge in [0.05, 0.1) is 52.7 Å². The Bertz CT molecular complexity index is 488. The number of unbranched alkanes of at least 4 members (excludes halogenated alkanes) is 13. The van der Waals surface area contributed by atoms with Crippen LogP contribution in [0, 0.1) is 0 Å². The number of rotatable bonds is 24. The van der Waals surface area contributed by atoms with E-state index < -0.39 is 7.82 Å². The molecule has 0 aromatic heterocycles. The van der Waals surface area contributed by atoms with Crippen LogP contribution < -0.4 is 9.79 Å². The van der Waals surface area contributed by atoms with Gasteiger partial charge in [-0.2, -0.15) is 0 Å². The Hall–Kier alpha value is -0.0100. The van der Waals surface area contributed by atoms with E-state index >= 15 is 0 Å². The average molecular weight is 508 g/mol. The molecular formula is C26H54NO6P. The second-order valence-corrected chi connectivity index (χ2v) is 11.2. The molecule has 1 saturated heterocycles. The quantitative estimate of drug-likeness (QED) is 0.151. The van der Waals surface area contributed by atoms with E-state index in [0.29, 0.717) is 13.2 Å². The molecule has 1 aliphatic heterocycles. The minimum Gasteiger partial charge on any atom is -0.756 e. The monoisotopic (exact) mass is 507 g/mol. The first-order valence-electron chi connectivity index (χ1n) is 14.1. The summed E-state index contributed by atoms with van der Waals surface area (Å²) in [5.41, 5.74) is 0.